The van der Waals surface area contributed by atoms with E-state index in [0.717, 1.165) is 49.7 Å². The van der Waals surface area contributed by atoms with Crippen molar-refractivity contribution in [2.24, 2.45) is 4.99 Å². The summed E-state index contributed by atoms with van der Waals surface area (Å²) in [5.74, 6) is 0.797. The van der Waals surface area contributed by atoms with Crippen LogP contribution in [0.15, 0.2) is 58.4 Å². The first-order chi connectivity index (χ1) is 15.5. The summed E-state index contributed by atoms with van der Waals surface area (Å²) in [5, 5.41) is 0.678. The highest BCUT2D eigenvalue weighted by Gasteiger charge is 2.30. The van der Waals surface area contributed by atoms with Crippen LogP contribution in [0, 0.1) is 0 Å². The van der Waals surface area contributed by atoms with Gasteiger partial charge in [0.2, 0.25) is 0 Å². The van der Waals surface area contributed by atoms with E-state index in [0.29, 0.717) is 10.1 Å². The Balaban J connectivity index is 1.45. The number of amides is 1. The quantitative estimate of drug-likeness (QED) is 0.583. The van der Waals surface area contributed by atoms with Crippen molar-refractivity contribution in [3.05, 3.63) is 59.0 Å². The van der Waals surface area contributed by atoms with Gasteiger partial charge < -0.3 is 14.4 Å². The van der Waals surface area contributed by atoms with Gasteiger partial charge in [0.05, 0.1) is 29.9 Å². The van der Waals surface area contributed by atoms with Crippen LogP contribution in [0.5, 0.6) is 5.75 Å². The Bertz CT molecular complexity index is 996. The summed E-state index contributed by atoms with van der Waals surface area (Å²) in [7, 11) is 1.76. The van der Waals surface area contributed by atoms with Crippen LogP contribution in [0.25, 0.3) is 6.08 Å². The van der Waals surface area contributed by atoms with Gasteiger partial charge >= 0.3 is 0 Å². The first-order valence-corrected chi connectivity index (χ1v) is 11.8. The second-order valence-electron chi connectivity index (χ2n) is 7.89. The van der Waals surface area contributed by atoms with Crippen molar-refractivity contribution in [3.8, 4) is 5.75 Å². The highest BCUT2D eigenvalue weighted by Crippen LogP contribution is 2.33. The molecule has 2 aliphatic heterocycles. The van der Waals surface area contributed by atoms with Crippen molar-refractivity contribution >= 4 is 40.3 Å². The molecule has 6 nitrogen and oxygen atoms in total. The number of ether oxygens (including phenoxy) is 2. The third-order valence-corrected chi connectivity index (χ3v) is 6.60. The molecule has 32 heavy (non-hydrogen) atoms. The summed E-state index contributed by atoms with van der Waals surface area (Å²) in [6.07, 6.45) is 3.04. The largest absolute Gasteiger partial charge is 0.491 e. The molecule has 0 bridgehead atoms. The number of morpholine rings is 1. The molecule has 2 aromatic carbocycles. The van der Waals surface area contributed by atoms with E-state index in [1.54, 1.807) is 11.9 Å². The molecule has 4 rings (SSSR count). The topological polar surface area (TPSA) is 54.4 Å². The maximum atomic E-state index is 12.7. The third-order valence-electron chi connectivity index (χ3n) is 5.54. The van der Waals surface area contributed by atoms with E-state index in [1.807, 2.05) is 42.5 Å². The van der Waals surface area contributed by atoms with Gasteiger partial charge in [-0.2, -0.15) is 0 Å². The minimum Gasteiger partial charge on any atom is -0.491 e. The average Bonchev–Trinajstić information content (AvgIpc) is 3.09. The molecule has 2 heterocycles. The number of thioether (sulfide) groups is 1. The summed E-state index contributed by atoms with van der Waals surface area (Å²) in [5.41, 5.74) is 2.96. The number of hydrogen-bond donors (Lipinski definition) is 0. The number of rotatable bonds is 6. The second-order valence-corrected chi connectivity index (χ2v) is 8.90. The van der Waals surface area contributed by atoms with Crippen LogP contribution in [-0.2, 0) is 9.53 Å². The second kappa shape index (κ2) is 10.2. The Morgan fingerprint density at radius 3 is 2.47 bits per heavy atom. The summed E-state index contributed by atoms with van der Waals surface area (Å²) in [4.78, 5) is 22.0. The minimum atomic E-state index is -0.0429. The molecule has 0 N–H and O–H groups in total. The van der Waals surface area contributed by atoms with Gasteiger partial charge in [0, 0.05) is 25.8 Å². The molecule has 2 aromatic rings. The number of benzene rings is 2. The zero-order valence-corrected chi connectivity index (χ0v) is 19.6. The van der Waals surface area contributed by atoms with Crippen molar-refractivity contribution < 1.29 is 14.3 Å². The summed E-state index contributed by atoms with van der Waals surface area (Å²) in [6.45, 7) is 7.48. The van der Waals surface area contributed by atoms with E-state index in [9.17, 15) is 4.79 Å². The average molecular weight is 452 g/mol. The van der Waals surface area contributed by atoms with Gasteiger partial charge in [-0.05, 0) is 73.1 Å². The smallest absolute Gasteiger partial charge is 0.266 e. The number of amidine groups is 1. The summed E-state index contributed by atoms with van der Waals surface area (Å²) < 4.78 is 11.2. The Labute approximate surface area is 193 Å². The lowest BCUT2D eigenvalue weighted by molar-refractivity contribution is -0.121. The molecule has 0 aromatic heterocycles. The number of carbonyl (C=O) groups is 1. The molecule has 0 unspecified atom stereocenters. The number of likely N-dealkylation sites (N-methyl/N-ethyl adjacent to an activating group) is 1. The number of anilines is 1. The van der Waals surface area contributed by atoms with Gasteiger partial charge in [-0.15, -0.1) is 0 Å². The van der Waals surface area contributed by atoms with E-state index in [-0.39, 0.29) is 12.0 Å². The normalized spacial score (nSPS) is 20.3. The van der Waals surface area contributed by atoms with Crippen molar-refractivity contribution in [2.45, 2.75) is 26.4 Å². The fourth-order valence-electron chi connectivity index (χ4n) is 3.43. The molecule has 7 heteroatoms. The lowest BCUT2D eigenvalue weighted by atomic mass is 10.2. The van der Waals surface area contributed by atoms with Gasteiger partial charge in [-0.1, -0.05) is 19.1 Å². The first kappa shape index (κ1) is 22.4. The van der Waals surface area contributed by atoms with E-state index >= 15 is 0 Å². The first-order valence-electron chi connectivity index (χ1n) is 11.0. The molecule has 1 atom stereocenters. The van der Waals surface area contributed by atoms with Crippen molar-refractivity contribution in [3.63, 3.8) is 0 Å². The zero-order chi connectivity index (χ0) is 22.5. The Kier molecular flexibility index (Phi) is 7.17. The molecular weight excluding hydrogens is 422 g/mol. The third kappa shape index (κ3) is 5.34. The Morgan fingerprint density at radius 2 is 1.81 bits per heavy atom. The van der Waals surface area contributed by atoms with Crippen molar-refractivity contribution in [2.75, 3.05) is 38.3 Å². The van der Waals surface area contributed by atoms with Gasteiger partial charge in [-0.3, -0.25) is 9.69 Å². The van der Waals surface area contributed by atoms with Crippen molar-refractivity contribution in [1.29, 1.82) is 0 Å². The summed E-state index contributed by atoms with van der Waals surface area (Å²) in [6, 6.07) is 16.0. The van der Waals surface area contributed by atoms with Crippen molar-refractivity contribution in [1.82, 2.24) is 4.90 Å². The molecule has 2 saturated heterocycles. The lowest BCUT2D eigenvalue weighted by Crippen LogP contribution is -2.36. The van der Waals surface area contributed by atoms with E-state index < -0.39 is 0 Å². The van der Waals surface area contributed by atoms with Gasteiger partial charge in [0.1, 0.15) is 5.75 Å². The molecule has 168 valence electrons. The van der Waals surface area contributed by atoms with Gasteiger partial charge in [0.15, 0.2) is 5.17 Å². The van der Waals surface area contributed by atoms with Crippen LogP contribution in [0.1, 0.15) is 25.8 Å². The zero-order valence-electron chi connectivity index (χ0n) is 18.8. The fraction of sp³-hybridized carbons (Fsp3) is 0.360. The summed E-state index contributed by atoms with van der Waals surface area (Å²) >= 11 is 1.40. The molecule has 0 saturated carbocycles. The van der Waals surface area contributed by atoms with E-state index in [2.05, 4.69) is 30.9 Å². The predicted molar refractivity (Wildman–Crippen MR) is 132 cm³/mol. The molecule has 0 radical (unpaired) electrons. The standard InChI is InChI=1S/C25H29N3O3S/c1-4-18(2)31-22-11-5-19(6-12-22)17-23-24(29)27(3)25(32-23)26-20-7-9-21(10-8-20)28-13-15-30-16-14-28/h5-12,17-18H,4,13-16H2,1-3H3/b23-17-,26-25?/t18-/m0/s1. The van der Waals surface area contributed by atoms with Crippen LogP contribution in [0.3, 0.4) is 0 Å². The maximum Gasteiger partial charge on any atom is 0.266 e. The van der Waals surface area contributed by atoms with Gasteiger partial charge in [0.25, 0.3) is 5.91 Å². The molecule has 0 aliphatic carbocycles. The lowest BCUT2D eigenvalue weighted by Gasteiger charge is -2.28. The molecule has 1 amide bonds. The van der Waals surface area contributed by atoms with Crippen LogP contribution in [0.4, 0.5) is 11.4 Å². The van der Waals surface area contributed by atoms with Gasteiger partial charge in [-0.25, -0.2) is 4.99 Å². The number of hydrogen-bond acceptors (Lipinski definition) is 6. The van der Waals surface area contributed by atoms with E-state index in [1.165, 1.54) is 17.4 Å². The Hall–Kier alpha value is -2.77. The van der Waals surface area contributed by atoms with E-state index in [4.69, 9.17) is 14.5 Å². The SMILES string of the molecule is CC[C@H](C)Oc1ccc(/C=C2\SC(=Nc3ccc(N4CCOCC4)cc3)N(C)C2=O)cc1. The predicted octanol–water partition coefficient (Wildman–Crippen LogP) is 4.93. The Morgan fingerprint density at radius 1 is 1.12 bits per heavy atom. The maximum absolute atomic E-state index is 12.7. The molecular formula is C25H29N3O3S. The number of carbonyl (C=O) groups excluding carboxylic acids is 1. The van der Waals surface area contributed by atoms with Crippen LogP contribution >= 0.6 is 11.8 Å². The number of nitrogens with zero attached hydrogens (tertiary/aromatic N) is 3. The van der Waals surface area contributed by atoms with Crippen LogP contribution < -0.4 is 9.64 Å². The molecule has 2 fully saturated rings. The molecule has 0 spiro atoms. The minimum absolute atomic E-state index is 0.0429. The van der Waals surface area contributed by atoms with Crippen LogP contribution in [-0.4, -0.2) is 55.4 Å². The highest BCUT2D eigenvalue weighted by molar-refractivity contribution is 8.18. The molecule has 2 aliphatic rings. The number of aliphatic imine (C=N–C) groups is 1. The highest BCUT2D eigenvalue weighted by atomic mass is 32.2. The van der Waals surface area contributed by atoms with Crippen LogP contribution in [0.2, 0.25) is 0 Å². The monoisotopic (exact) mass is 451 g/mol. The fourth-order valence-corrected chi connectivity index (χ4v) is 4.42.